The molecule has 25 heavy (non-hydrogen) atoms. The van der Waals surface area contributed by atoms with Gasteiger partial charge in [0.05, 0.1) is 0 Å². The van der Waals surface area contributed by atoms with Crippen molar-refractivity contribution in [2.24, 2.45) is 5.92 Å². The van der Waals surface area contributed by atoms with Crippen LogP contribution in [0.4, 0.5) is 0 Å². The van der Waals surface area contributed by atoms with E-state index in [1.807, 2.05) is 12.1 Å². The molecule has 0 bridgehead atoms. The highest BCUT2D eigenvalue weighted by Crippen LogP contribution is 2.40. The zero-order valence-corrected chi connectivity index (χ0v) is 15.6. The first-order valence-electron chi connectivity index (χ1n) is 9.21. The minimum absolute atomic E-state index is 0.131. The Balaban J connectivity index is 1.66. The molecule has 2 heteroatoms. The molecular formula is C23H29NO. The second-order valence-corrected chi connectivity index (χ2v) is 7.76. The van der Waals surface area contributed by atoms with Crippen molar-refractivity contribution in [2.75, 3.05) is 19.6 Å². The van der Waals surface area contributed by atoms with Crippen LogP contribution in [0.2, 0.25) is 0 Å². The first-order chi connectivity index (χ1) is 12.0. The summed E-state index contributed by atoms with van der Waals surface area (Å²) in [5.41, 5.74) is 4.07. The number of nitrogens with zero attached hydrogens (tertiary/aromatic N) is 1. The molecule has 132 valence electrons. The SMILES string of the molecule is C/C(=C/c1ccccc1)CN1CC[C@@](C)(c2cccc(O)c2)[C@@H](C)C1. The number of rotatable bonds is 4. The maximum atomic E-state index is 9.84. The molecule has 2 aromatic carbocycles. The molecule has 1 N–H and O–H groups in total. The molecule has 0 spiro atoms. The highest BCUT2D eigenvalue weighted by atomic mass is 16.3. The molecule has 2 atom stereocenters. The van der Waals surface area contributed by atoms with Gasteiger partial charge in [-0.3, -0.25) is 4.90 Å². The summed E-state index contributed by atoms with van der Waals surface area (Å²) in [5.74, 6) is 0.919. The molecule has 3 rings (SSSR count). The predicted octanol–water partition coefficient (Wildman–Crippen LogP) is 5.10. The highest BCUT2D eigenvalue weighted by molar-refractivity contribution is 5.52. The molecule has 0 unspecified atom stereocenters. The van der Waals surface area contributed by atoms with Crippen molar-refractivity contribution >= 4 is 6.08 Å². The zero-order valence-electron chi connectivity index (χ0n) is 15.6. The zero-order chi connectivity index (χ0) is 17.9. The topological polar surface area (TPSA) is 23.5 Å². The van der Waals surface area contributed by atoms with Crippen molar-refractivity contribution < 1.29 is 5.11 Å². The molecule has 0 amide bonds. The summed E-state index contributed by atoms with van der Waals surface area (Å²) in [4.78, 5) is 2.56. The van der Waals surface area contributed by atoms with E-state index in [1.165, 1.54) is 16.7 Å². The lowest BCUT2D eigenvalue weighted by molar-refractivity contribution is 0.119. The normalized spacial score (nSPS) is 25.1. The van der Waals surface area contributed by atoms with Gasteiger partial charge in [0.2, 0.25) is 0 Å². The largest absolute Gasteiger partial charge is 0.508 e. The van der Waals surface area contributed by atoms with Crippen LogP contribution >= 0.6 is 0 Å². The third-order valence-corrected chi connectivity index (χ3v) is 5.76. The number of aromatic hydroxyl groups is 1. The van der Waals surface area contributed by atoms with Gasteiger partial charge in [0.25, 0.3) is 0 Å². The Morgan fingerprint density at radius 2 is 1.96 bits per heavy atom. The van der Waals surface area contributed by atoms with Crippen LogP contribution in [0.1, 0.15) is 38.3 Å². The predicted molar refractivity (Wildman–Crippen MR) is 106 cm³/mol. The summed E-state index contributed by atoms with van der Waals surface area (Å²) in [6.07, 6.45) is 3.41. The van der Waals surface area contributed by atoms with Crippen LogP contribution in [0, 0.1) is 5.92 Å². The van der Waals surface area contributed by atoms with Crippen LogP contribution in [0.3, 0.4) is 0 Å². The van der Waals surface area contributed by atoms with Gasteiger partial charge < -0.3 is 5.11 Å². The van der Waals surface area contributed by atoms with Gasteiger partial charge in [0.1, 0.15) is 5.75 Å². The summed E-state index contributed by atoms with van der Waals surface area (Å²) >= 11 is 0. The first kappa shape index (κ1) is 17.8. The van der Waals surface area contributed by atoms with E-state index < -0.39 is 0 Å². The quantitative estimate of drug-likeness (QED) is 0.841. The van der Waals surface area contributed by atoms with Crippen LogP contribution in [0.25, 0.3) is 6.08 Å². The summed E-state index contributed by atoms with van der Waals surface area (Å²) in [6, 6.07) is 18.3. The van der Waals surface area contributed by atoms with E-state index >= 15 is 0 Å². The number of phenols is 1. The Bertz CT molecular complexity index is 737. The van der Waals surface area contributed by atoms with Gasteiger partial charge in [-0.2, -0.15) is 0 Å². The summed E-state index contributed by atoms with van der Waals surface area (Å²) in [6.45, 7) is 10.1. The van der Waals surface area contributed by atoms with Crippen LogP contribution in [0.5, 0.6) is 5.75 Å². The van der Waals surface area contributed by atoms with Crippen LogP contribution < -0.4 is 0 Å². The van der Waals surface area contributed by atoms with E-state index in [2.05, 4.69) is 68.1 Å². The molecular weight excluding hydrogens is 306 g/mol. The molecule has 0 radical (unpaired) electrons. The molecule has 1 saturated heterocycles. The number of hydrogen-bond acceptors (Lipinski definition) is 2. The van der Waals surface area contributed by atoms with Crippen LogP contribution in [-0.4, -0.2) is 29.6 Å². The van der Waals surface area contributed by atoms with Crippen molar-refractivity contribution in [3.63, 3.8) is 0 Å². The van der Waals surface area contributed by atoms with E-state index in [0.717, 1.165) is 26.1 Å². The fourth-order valence-corrected chi connectivity index (χ4v) is 3.98. The Morgan fingerprint density at radius 1 is 1.20 bits per heavy atom. The van der Waals surface area contributed by atoms with E-state index in [4.69, 9.17) is 0 Å². The fourth-order valence-electron chi connectivity index (χ4n) is 3.98. The summed E-state index contributed by atoms with van der Waals surface area (Å²) in [5, 5.41) is 9.84. The standard InChI is InChI=1S/C23H29NO/c1-18(14-20-8-5-4-6-9-20)16-24-13-12-23(3,19(2)17-24)21-10-7-11-22(25)15-21/h4-11,14-15,19,25H,12-13,16-17H2,1-3H3/b18-14-/t19-,23+/m0/s1. The Labute approximate surface area is 151 Å². The van der Waals surface area contributed by atoms with Gasteiger partial charge in [-0.15, -0.1) is 0 Å². The third-order valence-electron chi connectivity index (χ3n) is 5.76. The van der Waals surface area contributed by atoms with Gasteiger partial charge in [-0.25, -0.2) is 0 Å². The smallest absolute Gasteiger partial charge is 0.115 e. The molecule has 0 aromatic heterocycles. The number of piperidine rings is 1. The number of benzene rings is 2. The van der Waals surface area contributed by atoms with Crippen LogP contribution in [-0.2, 0) is 5.41 Å². The Kier molecular flexibility index (Phi) is 5.29. The first-order valence-corrected chi connectivity index (χ1v) is 9.21. The van der Waals surface area contributed by atoms with E-state index in [-0.39, 0.29) is 5.41 Å². The molecule has 1 fully saturated rings. The van der Waals surface area contributed by atoms with Crippen molar-refractivity contribution in [1.82, 2.24) is 4.90 Å². The molecule has 2 aromatic rings. The lowest BCUT2D eigenvalue weighted by atomic mass is 9.68. The molecule has 1 heterocycles. The summed E-state index contributed by atoms with van der Waals surface area (Å²) < 4.78 is 0. The average molecular weight is 335 g/mol. The third kappa shape index (κ3) is 4.13. The second-order valence-electron chi connectivity index (χ2n) is 7.76. The lowest BCUT2D eigenvalue weighted by Gasteiger charge is -2.45. The molecule has 0 saturated carbocycles. The molecule has 1 aliphatic rings. The maximum Gasteiger partial charge on any atom is 0.115 e. The molecule has 1 aliphatic heterocycles. The van der Waals surface area contributed by atoms with Crippen molar-refractivity contribution in [3.05, 3.63) is 71.3 Å². The Morgan fingerprint density at radius 3 is 2.64 bits per heavy atom. The molecule has 2 nitrogen and oxygen atoms in total. The Hall–Kier alpha value is -2.06. The number of hydrogen-bond donors (Lipinski definition) is 1. The highest BCUT2D eigenvalue weighted by Gasteiger charge is 2.37. The fraction of sp³-hybridized carbons (Fsp3) is 0.391. The second kappa shape index (κ2) is 7.45. The van der Waals surface area contributed by atoms with Crippen LogP contribution in [0.15, 0.2) is 60.2 Å². The molecule has 0 aliphatic carbocycles. The maximum absolute atomic E-state index is 9.84. The van der Waals surface area contributed by atoms with Crippen molar-refractivity contribution in [3.8, 4) is 5.75 Å². The van der Waals surface area contributed by atoms with Crippen molar-refractivity contribution in [1.29, 1.82) is 0 Å². The number of phenolic OH excluding ortho intramolecular Hbond substituents is 1. The van der Waals surface area contributed by atoms with E-state index in [0.29, 0.717) is 11.7 Å². The van der Waals surface area contributed by atoms with Gasteiger partial charge in [-0.05, 0) is 54.5 Å². The minimum atomic E-state index is 0.131. The van der Waals surface area contributed by atoms with Gasteiger partial charge in [0.15, 0.2) is 0 Å². The van der Waals surface area contributed by atoms with Crippen molar-refractivity contribution in [2.45, 2.75) is 32.6 Å². The van der Waals surface area contributed by atoms with E-state index in [9.17, 15) is 5.11 Å². The lowest BCUT2D eigenvalue weighted by Crippen LogP contribution is -2.47. The van der Waals surface area contributed by atoms with Gasteiger partial charge in [-0.1, -0.05) is 68.0 Å². The van der Waals surface area contributed by atoms with Gasteiger partial charge in [0, 0.05) is 13.1 Å². The average Bonchev–Trinajstić information content (AvgIpc) is 2.59. The number of likely N-dealkylation sites (tertiary alicyclic amines) is 1. The monoisotopic (exact) mass is 335 g/mol. The minimum Gasteiger partial charge on any atom is -0.508 e. The van der Waals surface area contributed by atoms with E-state index in [1.54, 1.807) is 6.07 Å². The van der Waals surface area contributed by atoms with Gasteiger partial charge >= 0.3 is 0 Å². The summed E-state index contributed by atoms with van der Waals surface area (Å²) in [7, 11) is 0.